The van der Waals surface area contributed by atoms with Crippen molar-refractivity contribution in [3.8, 4) is 23.0 Å². The summed E-state index contributed by atoms with van der Waals surface area (Å²) in [6.07, 6.45) is 17.5. The van der Waals surface area contributed by atoms with Gasteiger partial charge in [-0.25, -0.2) is 9.59 Å². The van der Waals surface area contributed by atoms with E-state index >= 15 is 0 Å². The summed E-state index contributed by atoms with van der Waals surface area (Å²) < 4.78 is 14.2. The average molecular weight is 1240 g/mol. The molecule has 4 saturated heterocycles. The number of hydrogen-bond acceptors (Lipinski definition) is 12. The number of nitrogens with zero attached hydrogens (tertiary/aromatic N) is 3. The fraction of sp³-hybridized carbons (Fsp3) is 0.582. The van der Waals surface area contributed by atoms with Gasteiger partial charge < -0.3 is 49.5 Å². The lowest BCUT2D eigenvalue weighted by Gasteiger charge is -2.36. The summed E-state index contributed by atoms with van der Waals surface area (Å²) in [4.78, 5) is 51.1. The molecule has 0 radical (unpaired) electrons. The van der Waals surface area contributed by atoms with Crippen molar-refractivity contribution in [2.45, 2.75) is 180 Å². The summed E-state index contributed by atoms with van der Waals surface area (Å²) >= 11 is 4.72. The van der Waals surface area contributed by atoms with E-state index in [1.165, 1.54) is 56.2 Å². The van der Waals surface area contributed by atoms with Gasteiger partial charge in [0.2, 0.25) is 11.8 Å². The first kappa shape index (κ1) is 71.9. The monoisotopic (exact) mass is 1230 g/mol. The lowest BCUT2D eigenvalue weighted by molar-refractivity contribution is -0.130. The van der Waals surface area contributed by atoms with Gasteiger partial charge in [-0.3, -0.25) is 9.59 Å². The predicted molar refractivity (Wildman–Crippen MR) is 340 cm³/mol. The number of ether oxygens (including phenoxy) is 3. The molecule has 4 aromatic carbocycles. The van der Waals surface area contributed by atoms with Gasteiger partial charge in [0.25, 0.3) is 0 Å². The number of hydrogen-bond donors (Lipinski definition) is 4. The third kappa shape index (κ3) is 22.2. The second kappa shape index (κ2) is 36.5. The molecule has 8 rings (SSSR count). The molecule has 2 amide bonds. The van der Waals surface area contributed by atoms with Gasteiger partial charge in [0, 0.05) is 86.4 Å². The lowest BCUT2D eigenvalue weighted by Crippen LogP contribution is -2.41. The third-order valence-corrected chi connectivity index (χ3v) is 17.6. The highest BCUT2D eigenvalue weighted by atomic mass is 79.9. The second-order valence-corrected chi connectivity index (χ2v) is 23.1. The maximum atomic E-state index is 11.9. The van der Waals surface area contributed by atoms with Crippen molar-refractivity contribution in [2.75, 3.05) is 72.6 Å². The van der Waals surface area contributed by atoms with Crippen LogP contribution in [0.1, 0.15) is 180 Å². The van der Waals surface area contributed by atoms with Gasteiger partial charge in [-0.1, -0.05) is 102 Å². The van der Waals surface area contributed by atoms with Crippen LogP contribution in [-0.4, -0.2) is 126 Å². The molecule has 4 heterocycles. The molecule has 4 aliphatic rings. The van der Waals surface area contributed by atoms with Crippen LogP contribution in [0.4, 0.5) is 9.59 Å². The molecule has 4 atom stereocenters. The van der Waals surface area contributed by atoms with E-state index in [0.29, 0.717) is 36.1 Å². The maximum Gasteiger partial charge on any atom is 0.513 e. The molecule has 14 nitrogen and oxygen atoms in total. The van der Waals surface area contributed by atoms with Crippen molar-refractivity contribution in [3.63, 3.8) is 0 Å². The van der Waals surface area contributed by atoms with Gasteiger partial charge >= 0.3 is 11.6 Å². The molecular weight excluding hydrogens is 1140 g/mol. The molecule has 83 heavy (non-hydrogen) atoms. The Hall–Kier alpha value is -5.35. The van der Waals surface area contributed by atoms with Crippen LogP contribution in [-0.2, 0) is 40.7 Å². The van der Waals surface area contributed by atoms with E-state index in [9.17, 15) is 34.5 Å². The normalized spacial score (nSPS) is 22.7. The SMILES string of the molecule is Br.CCC1(c2cccc(O)c2)CCCCN(C(C)=O)C1.CCC1(c2cccc(O)c2)CCCCN(C)C1.CCC1(c2cccc(O)c2)CCCCNC1.CCOC(=O)Cl.CCOC(=O)Oc1cccc(C2(CC)CCCCN(C(C)=O)C2)c1. The van der Waals surface area contributed by atoms with Crippen LogP contribution < -0.4 is 10.1 Å². The van der Waals surface area contributed by atoms with Crippen molar-refractivity contribution >= 4 is 52.0 Å². The molecule has 4 aliphatic heterocycles. The summed E-state index contributed by atoms with van der Waals surface area (Å²) in [5.41, 5.74) is 4.44. The smallest absolute Gasteiger partial charge is 0.508 e. The zero-order valence-corrected chi connectivity index (χ0v) is 53.9. The standard InChI is InChI=1S/C19H27NO4.C16H23NO2.C15H23NO.C14H21NO.C3H5ClO2.BrH/c1-4-19(11-6-7-12-20(14-19)15(3)21)16-9-8-10-17(13-16)24-18(22)23-5-2;1-3-16(14-7-6-8-15(19)11-14)9-4-5-10-17(12-16)13(2)18;1-3-15(9-4-5-10-16(2)12-15)13-7-6-8-14(17)11-13;1-2-14(8-3-4-9-15-11-14)12-6-5-7-13(16)10-12;1-2-6-3(4)5;/h8-10,13H,4-7,11-12,14H2,1-3H3;6-8,11,19H,3-5,9-10,12H2,1-2H3;6-8,11,17H,3-5,9-10,12H2,1-2H3;5-7,10,15-16H,2-4,8-9,11H2,1H3;2H2,1H3;1H. The Bertz CT molecular complexity index is 2580. The molecule has 4 fully saturated rings. The van der Waals surface area contributed by atoms with Crippen LogP contribution >= 0.6 is 28.6 Å². The quantitative estimate of drug-likeness (QED) is 0.0636. The number of phenols is 3. The number of benzene rings is 4. The molecule has 0 saturated carbocycles. The molecule has 0 aromatic heterocycles. The van der Waals surface area contributed by atoms with Crippen LogP contribution in [0.3, 0.4) is 0 Å². The van der Waals surface area contributed by atoms with Crippen molar-refractivity contribution in [1.29, 1.82) is 0 Å². The Labute approximate surface area is 512 Å². The number of phenolic OH excluding ortho intramolecular Hbond substituents is 3. The molecule has 4 N–H and O–H groups in total. The Balaban J connectivity index is 0.000000282. The van der Waals surface area contributed by atoms with E-state index in [0.717, 1.165) is 115 Å². The zero-order chi connectivity index (χ0) is 60.2. The Morgan fingerprint density at radius 3 is 1.30 bits per heavy atom. The molecular formula is C67H100BrClN4O10. The Morgan fingerprint density at radius 1 is 0.518 bits per heavy atom. The summed E-state index contributed by atoms with van der Waals surface area (Å²) in [6.45, 7) is 23.8. The van der Waals surface area contributed by atoms with E-state index in [2.05, 4.69) is 74.0 Å². The van der Waals surface area contributed by atoms with Crippen LogP contribution in [0.2, 0.25) is 0 Å². The molecule has 0 spiro atoms. The minimum atomic E-state index is -0.738. The average Bonchev–Trinajstić information content (AvgIpc) is 3.96. The number of carbonyl (C=O) groups is 4. The number of aromatic hydroxyl groups is 3. The van der Waals surface area contributed by atoms with E-state index < -0.39 is 11.6 Å². The van der Waals surface area contributed by atoms with E-state index in [1.54, 1.807) is 52.0 Å². The highest BCUT2D eigenvalue weighted by molar-refractivity contribution is 8.93. The molecule has 0 bridgehead atoms. The number of likely N-dealkylation sites (tertiary alicyclic amines) is 3. The van der Waals surface area contributed by atoms with Gasteiger partial charge in [0.05, 0.1) is 13.2 Å². The van der Waals surface area contributed by atoms with Gasteiger partial charge in [0.1, 0.15) is 23.0 Å². The van der Waals surface area contributed by atoms with Crippen LogP contribution in [0, 0.1) is 0 Å². The largest absolute Gasteiger partial charge is 0.513 e. The molecule has 16 heteroatoms. The zero-order valence-electron chi connectivity index (χ0n) is 51.4. The van der Waals surface area contributed by atoms with Crippen LogP contribution in [0.25, 0.3) is 0 Å². The number of carbonyl (C=O) groups excluding carboxylic acids is 4. The fourth-order valence-corrected chi connectivity index (χ4v) is 12.6. The number of likely N-dealkylation sites (N-methyl/N-ethyl adjacent to an activating group) is 1. The van der Waals surface area contributed by atoms with Crippen LogP contribution in [0.15, 0.2) is 97.1 Å². The third-order valence-electron chi connectivity index (χ3n) is 17.5. The minimum Gasteiger partial charge on any atom is -0.508 e. The summed E-state index contributed by atoms with van der Waals surface area (Å²) in [5.74, 6) is 1.84. The topological polar surface area (TPSA) is 178 Å². The Kier molecular flexibility index (Phi) is 31.6. The first-order chi connectivity index (χ1) is 39.3. The minimum absolute atomic E-state index is 0. The second-order valence-electron chi connectivity index (χ2n) is 22.8. The fourth-order valence-electron chi connectivity index (χ4n) is 12.5. The van der Waals surface area contributed by atoms with Crippen molar-refractivity contribution < 1.29 is 48.7 Å². The van der Waals surface area contributed by atoms with E-state index in [-0.39, 0.29) is 57.1 Å². The van der Waals surface area contributed by atoms with Crippen molar-refractivity contribution in [3.05, 3.63) is 119 Å². The Morgan fingerprint density at radius 2 is 0.904 bits per heavy atom. The first-order valence-corrected chi connectivity index (χ1v) is 30.7. The summed E-state index contributed by atoms with van der Waals surface area (Å²) in [5, 5.41) is 32.5. The summed E-state index contributed by atoms with van der Waals surface area (Å²) in [7, 11) is 2.21. The molecule has 4 unspecified atom stereocenters. The predicted octanol–water partition coefficient (Wildman–Crippen LogP) is 14.9. The van der Waals surface area contributed by atoms with Crippen molar-refractivity contribution in [2.24, 2.45) is 0 Å². The van der Waals surface area contributed by atoms with Crippen molar-refractivity contribution in [1.82, 2.24) is 20.0 Å². The molecule has 4 aromatic rings. The summed E-state index contributed by atoms with van der Waals surface area (Å²) in [6, 6.07) is 30.8. The van der Waals surface area contributed by atoms with Gasteiger partial charge in [-0.15, -0.1) is 17.0 Å². The lowest BCUT2D eigenvalue weighted by atomic mass is 9.74. The number of nitrogens with one attached hydrogen (secondary N) is 1. The molecule has 0 aliphatic carbocycles. The molecule has 462 valence electrons. The van der Waals surface area contributed by atoms with Gasteiger partial charge in [0.15, 0.2) is 0 Å². The number of amides is 2. The first-order valence-electron chi connectivity index (χ1n) is 30.3. The maximum absolute atomic E-state index is 11.9. The van der Waals surface area contributed by atoms with E-state index in [1.807, 2.05) is 58.3 Å². The van der Waals surface area contributed by atoms with Crippen LogP contribution in [0.5, 0.6) is 23.0 Å². The number of halogens is 2. The number of rotatable bonds is 11. The van der Waals surface area contributed by atoms with Gasteiger partial charge in [-0.2, -0.15) is 0 Å². The highest BCUT2D eigenvalue weighted by Gasteiger charge is 2.38. The van der Waals surface area contributed by atoms with Gasteiger partial charge in [-0.05, 0) is 182 Å². The highest BCUT2D eigenvalue weighted by Crippen LogP contribution is 2.41. The van der Waals surface area contributed by atoms with E-state index in [4.69, 9.17) is 21.1 Å².